The van der Waals surface area contributed by atoms with E-state index in [0.29, 0.717) is 5.56 Å². The van der Waals surface area contributed by atoms with Crippen LogP contribution in [0.2, 0.25) is 0 Å². The summed E-state index contributed by atoms with van der Waals surface area (Å²) in [6, 6.07) is 4.27. The molecule has 0 atom stereocenters. The molecule has 0 radical (unpaired) electrons. The molecule has 1 aromatic rings. The van der Waals surface area contributed by atoms with E-state index < -0.39 is 23.3 Å². The van der Waals surface area contributed by atoms with Gasteiger partial charge in [0.2, 0.25) is 5.75 Å². The molecule has 1 amide bonds. The number of para-hydroxylation sites is 1. The number of thiocarbonyl (C=S) groups is 1. The third-order valence-electron chi connectivity index (χ3n) is 2.87. The zero-order valence-electron chi connectivity index (χ0n) is 11.7. The quantitative estimate of drug-likeness (QED) is 0.326. The molecule has 0 aromatic heterocycles. The molecule has 120 valence electrons. The lowest BCUT2D eigenvalue weighted by molar-refractivity contribution is -0.385. The van der Waals surface area contributed by atoms with Gasteiger partial charge in [-0.05, 0) is 6.08 Å². The minimum atomic E-state index is -1.43. The summed E-state index contributed by atoms with van der Waals surface area (Å²) >= 11 is 5.86. The number of carboxylic acids is 1. The third-order valence-corrected chi connectivity index (χ3v) is 4.25. The van der Waals surface area contributed by atoms with Crippen molar-refractivity contribution in [2.75, 3.05) is 13.7 Å². The van der Waals surface area contributed by atoms with E-state index in [9.17, 15) is 24.8 Å². The second-order valence-corrected chi connectivity index (χ2v) is 5.97. The molecule has 1 aliphatic rings. The van der Waals surface area contributed by atoms with E-state index in [4.69, 9.17) is 17.0 Å². The molecular formula is C13H9N2O6S2-. The van der Waals surface area contributed by atoms with E-state index >= 15 is 0 Å². The SMILES string of the molecule is COc1c(/C=C2/SC(=S)N(CC(=O)[O-])C2=O)cccc1[N+](=O)[O-]. The molecule has 1 aromatic carbocycles. The highest BCUT2D eigenvalue weighted by Crippen LogP contribution is 2.37. The van der Waals surface area contributed by atoms with Crippen LogP contribution in [0.5, 0.6) is 5.75 Å². The highest BCUT2D eigenvalue weighted by molar-refractivity contribution is 8.26. The molecule has 1 aliphatic heterocycles. The number of carbonyl (C=O) groups is 2. The number of nitrogens with zero attached hydrogens (tertiary/aromatic N) is 2. The minimum absolute atomic E-state index is 0.00247. The first-order valence-corrected chi connectivity index (χ1v) is 7.34. The van der Waals surface area contributed by atoms with E-state index in [1.165, 1.54) is 31.4 Å². The van der Waals surface area contributed by atoms with Gasteiger partial charge in [0.05, 0.1) is 29.5 Å². The van der Waals surface area contributed by atoms with Gasteiger partial charge >= 0.3 is 5.69 Å². The summed E-state index contributed by atoms with van der Waals surface area (Å²) in [5.41, 5.74) is 0.0714. The number of rotatable bonds is 5. The van der Waals surface area contributed by atoms with E-state index in [1.54, 1.807) is 0 Å². The number of thioether (sulfide) groups is 1. The normalized spacial score (nSPS) is 16.0. The summed E-state index contributed by atoms with van der Waals surface area (Å²) < 4.78 is 5.12. The fourth-order valence-electron chi connectivity index (χ4n) is 1.93. The highest BCUT2D eigenvalue weighted by atomic mass is 32.2. The maximum Gasteiger partial charge on any atom is 0.311 e. The molecule has 23 heavy (non-hydrogen) atoms. The van der Waals surface area contributed by atoms with Gasteiger partial charge in [-0.2, -0.15) is 0 Å². The van der Waals surface area contributed by atoms with Crippen molar-refractivity contribution in [1.82, 2.24) is 4.90 Å². The van der Waals surface area contributed by atoms with Crippen molar-refractivity contribution in [1.29, 1.82) is 0 Å². The zero-order valence-corrected chi connectivity index (χ0v) is 13.3. The third kappa shape index (κ3) is 3.48. The standard InChI is InChI=1S/C13H10N2O6S2/c1-21-11-7(3-2-4-8(11)15(19)20)5-9-12(18)14(6-10(16)17)13(22)23-9/h2-5H,6H2,1H3,(H,16,17)/p-1/b9-5+. The Morgan fingerprint density at radius 1 is 1.52 bits per heavy atom. The fraction of sp³-hybridized carbons (Fsp3) is 0.154. The van der Waals surface area contributed by atoms with Crippen molar-refractivity contribution in [2.24, 2.45) is 0 Å². The number of nitro groups is 1. The number of methoxy groups -OCH3 is 1. The van der Waals surface area contributed by atoms with Crippen LogP contribution in [0, 0.1) is 10.1 Å². The summed E-state index contributed by atoms with van der Waals surface area (Å²) in [4.78, 5) is 34.2. The molecule has 8 nitrogen and oxygen atoms in total. The number of amides is 1. The van der Waals surface area contributed by atoms with E-state index in [-0.39, 0.29) is 20.7 Å². The molecule has 0 aliphatic carbocycles. The van der Waals surface area contributed by atoms with Gasteiger partial charge in [-0.1, -0.05) is 36.1 Å². The molecular weight excluding hydrogens is 344 g/mol. The monoisotopic (exact) mass is 353 g/mol. The van der Waals surface area contributed by atoms with Gasteiger partial charge < -0.3 is 14.6 Å². The molecule has 0 bridgehead atoms. The number of hydrogen-bond donors (Lipinski definition) is 0. The summed E-state index contributed by atoms with van der Waals surface area (Å²) in [6.45, 7) is -0.645. The van der Waals surface area contributed by atoms with Gasteiger partial charge in [0, 0.05) is 11.6 Å². The molecule has 0 N–H and O–H groups in total. The van der Waals surface area contributed by atoms with Crippen LogP contribution in [0.25, 0.3) is 6.08 Å². The number of aliphatic carboxylic acids is 1. The van der Waals surface area contributed by atoms with Crippen molar-refractivity contribution in [3.8, 4) is 5.75 Å². The van der Waals surface area contributed by atoms with Crippen LogP contribution in [0.15, 0.2) is 23.1 Å². The van der Waals surface area contributed by atoms with Crippen molar-refractivity contribution in [3.05, 3.63) is 38.8 Å². The number of carbonyl (C=O) groups excluding carboxylic acids is 2. The van der Waals surface area contributed by atoms with Crippen molar-refractivity contribution >= 4 is 51.9 Å². The molecule has 10 heteroatoms. The number of hydrogen-bond acceptors (Lipinski definition) is 8. The first kappa shape index (κ1) is 16.9. The first-order valence-electron chi connectivity index (χ1n) is 6.11. The molecule has 1 heterocycles. The minimum Gasteiger partial charge on any atom is -0.548 e. The lowest BCUT2D eigenvalue weighted by Crippen LogP contribution is -2.40. The lowest BCUT2D eigenvalue weighted by Gasteiger charge is -2.14. The molecule has 1 fully saturated rings. The number of benzene rings is 1. The van der Waals surface area contributed by atoms with Crippen LogP contribution in [0.1, 0.15) is 5.56 Å². The average Bonchev–Trinajstić information content (AvgIpc) is 2.74. The fourth-order valence-corrected chi connectivity index (χ4v) is 3.17. The maximum atomic E-state index is 12.2. The Bertz CT molecular complexity index is 746. The van der Waals surface area contributed by atoms with E-state index in [0.717, 1.165) is 16.7 Å². The largest absolute Gasteiger partial charge is 0.548 e. The van der Waals surface area contributed by atoms with Crippen LogP contribution in [-0.2, 0) is 9.59 Å². The molecule has 0 spiro atoms. The second kappa shape index (κ2) is 6.75. The predicted octanol–water partition coefficient (Wildman–Crippen LogP) is 0.554. The van der Waals surface area contributed by atoms with Crippen LogP contribution in [-0.4, -0.2) is 39.7 Å². The second-order valence-electron chi connectivity index (χ2n) is 4.30. The van der Waals surface area contributed by atoms with Gasteiger partial charge in [0.15, 0.2) is 0 Å². The van der Waals surface area contributed by atoms with Gasteiger partial charge in [-0.15, -0.1) is 0 Å². The van der Waals surface area contributed by atoms with Crippen molar-refractivity contribution in [2.45, 2.75) is 0 Å². The van der Waals surface area contributed by atoms with Crippen molar-refractivity contribution in [3.63, 3.8) is 0 Å². The Hall–Kier alpha value is -2.46. The van der Waals surface area contributed by atoms with Crippen LogP contribution < -0.4 is 9.84 Å². The highest BCUT2D eigenvalue weighted by Gasteiger charge is 2.32. The Morgan fingerprint density at radius 3 is 2.78 bits per heavy atom. The molecule has 2 rings (SSSR count). The first-order chi connectivity index (χ1) is 10.8. The van der Waals surface area contributed by atoms with E-state index in [1.807, 2.05) is 0 Å². The van der Waals surface area contributed by atoms with Crippen LogP contribution in [0.4, 0.5) is 5.69 Å². The average molecular weight is 353 g/mol. The van der Waals surface area contributed by atoms with Crippen molar-refractivity contribution < 1.29 is 24.4 Å². The topological polar surface area (TPSA) is 113 Å². The van der Waals surface area contributed by atoms with Crippen LogP contribution in [0.3, 0.4) is 0 Å². The number of carboxylic acid groups (broad SMARTS) is 1. The lowest BCUT2D eigenvalue weighted by atomic mass is 10.1. The summed E-state index contributed by atoms with van der Waals surface area (Å²) in [7, 11) is 1.28. The smallest absolute Gasteiger partial charge is 0.311 e. The van der Waals surface area contributed by atoms with E-state index in [2.05, 4.69) is 0 Å². The van der Waals surface area contributed by atoms with Gasteiger partial charge in [-0.25, -0.2) is 0 Å². The van der Waals surface area contributed by atoms with Gasteiger partial charge in [0.1, 0.15) is 4.32 Å². The Labute approximate surface area is 139 Å². The molecule has 1 saturated heterocycles. The number of nitro benzene ring substituents is 1. The summed E-state index contributed by atoms with van der Waals surface area (Å²) in [5.74, 6) is -2.03. The predicted molar refractivity (Wildman–Crippen MR) is 84.5 cm³/mol. The van der Waals surface area contributed by atoms with Gasteiger partial charge in [0.25, 0.3) is 5.91 Å². The molecule has 0 unspecified atom stereocenters. The Morgan fingerprint density at radius 2 is 2.22 bits per heavy atom. The molecule has 0 saturated carbocycles. The summed E-state index contributed by atoms with van der Waals surface area (Å²) in [6.07, 6.45) is 1.38. The Balaban J connectivity index is 2.42. The van der Waals surface area contributed by atoms with Crippen LogP contribution >= 0.6 is 24.0 Å². The Kier molecular flexibility index (Phi) is 4.96. The maximum absolute atomic E-state index is 12.2. The summed E-state index contributed by atoms with van der Waals surface area (Å²) in [5, 5.41) is 21.6. The zero-order chi connectivity index (χ0) is 17.1. The van der Waals surface area contributed by atoms with Gasteiger partial charge in [-0.3, -0.25) is 19.8 Å². The number of ether oxygens (including phenoxy) is 1.